The number of fused-ring (bicyclic) bond motifs is 1. The number of carbonyl (C=O) groups excluding carboxylic acids is 1. The molecule has 1 aromatic carbocycles. The van der Waals surface area contributed by atoms with E-state index in [1.165, 1.54) is 32.4 Å². The molecule has 1 saturated carbocycles. The molecule has 4 rings (SSSR count). The summed E-state index contributed by atoms with van der Waals surface area (Å²) in [6.45, 7) is 1.09. The zero-order valence-corrected chi connectivity index (χ0v) is 16.8. The first-order valence-corrected chi connectivity index (χ1v) is 9.83. The predicted octanol–water partition coefficient (Wildman–Crippen LogP) is 1.92. The van der Waals surface area contributed by atoms with Crippen LogP contribution in [0.15, 0.2) is 30.3 Å². The number of hydrogen-bond donors (Lipinski definition) is 1. The molecule has 1 N–H and O–H groups in total. The summed E-state index contributed by atoms with van der Waals surface area (Å²) in [5, 5.41) is 10.6. The molecule has 2 fully saturated rings. The van der Waals surface area contributed by atoms with Crippen LogP contribution in [0.3, 0.4) is 0 Å². The molecule has 9 heteroatoms. The number of ether oxygens (including phenoxy) is 3. The summed E-state index contributed by atoms with van der Waals surface area (Å²) < 4.78 is 29.2. The van der Waals surface area contributed by atoms with Crippen LogP contribution in [0.4, 0.5) is 4.39 Å². The predicted molar refractivity (Wildman–Crippen MR) is 104 cm³/mol. The van der Waals surface area contributed by atoms with Crippen molar-refractivity contribution in [2.45, 2.75) is 25.0 Å². The van der Waals surface area contributed by atoms with Gasteiger partial charge in [0.1, 0.15) is 23.4 Å². The molecule has 30 heavy (non-hydrogen) atoms. The van der Waals surface area contributed by atoms with Crippen LogP contribution in [-0.4, -0.2) is 65.4 Å². The zero-order valence-electron chi connectivity index (χ0n) is 16.8. The second-order valence-corrected chi connectivity index (χ2v) is 7.66. The highest BCUT2D eigenvalue weighted by Crippen LogP contribution is 2.38. The number of methoxy groups -OCH3 is 2. The molecule has 1 aliphatic heterocycles. The molecule has 2 aromatic rings. The maximum atomic E-state index is 13.1. The molecule has 2 aliphatic rings. The van der Waals surface area contributed by atoms with Crippen molar-refractivity contribution in [1.82, 2.24) is 14.9 Å². The first-order chi connectivity index (χ1) is 14.5. The number of aliphatic hydroxyl groups excluding tert-OH is 1. The smallest absolute Gasteiger partial charge is 0.320 e. The van der Waals surface area contributed by atoms with Crippen molar-refractivity contribution in [2.24, 2.45) is 11.8 Å². The van der Waals surface area contributed by atoms with Gasteiger partial charge in [0.15, 0.2) is 0 Å². The van der Waals surface area contributed by atoms with Gasteiger partial charge >= 0.3 is 6.01 Å². The lowest BCUT2D eigenvalue weighted by atomic mass is 9.78. The fourth-order valence-electron chi connectivity index (χ4n) is 4.24. The van der Waals surface area contributed by atoms with Crippen molar-refractivity contribution in [2.75, 3.05) is 27.3 Å². The van der Waals surface area contributed by atoms with Gasteiger partial charge in [-0.05, 0) is 48.9 Å². The van der Waals surface area contributed by atoms with Gasteiger partial charge in [-0.25, -0.2) is 4.39 Å². The van der Waals surface area contributed by atoms with Gasteiger partial charge < -0.3 is 24.2 Å². The second kappa shape index (κ2) is 8.43. The minimum Gasteiger partial charge on any atom is -0.488 e. The van der Waals surface area contributed by atoms with E-state index in [1.54, 1.807) is 17.0 Å². The van der Waals surface area contributed by atoms with E-state index in [9.17, 15) is 14.3 Å². The van der Waals surface area contributed by atoms with E-state index >= 15 is 0 Å². The fourth-order valence-corrected chi connectivity index (χ4v) is 4.24. The molecule has 160 valence electrons. The van der Waals surface area contributed by atoms with E-state index in [2.05, 4.69) is 9.97 Å². The summed E-state index contributed by atoms with van der Waals surface area (Å²) in [7, 11) is 2.89. The molecule has 0 unspecified atom stereocenters. The number of hydrogen-bond acceptors (Lipinski definition) is 7. The topological polar surface area (TPSA) is 94.0 Å². The van der Waals surface area contributed by atoms with Crippen LogP contribution >= 0.6 is 0 Å². The van der Waals surface area contributed by atoms with E-state index in [0.717, 1.165) is 0 Å². The number of halogens is 1. The van der Waals surface area contributed by atoms with Crippen LogP contribution in [0.5, 0.6) is 17.6 Å². The van der Waals surface area contributed by atoms with Crippen LogP contribution in [-0.2, 0) is 0 Å². The van der Waals surface area contributed by atoms with Crippen molar-refractivity contribution in [3.8, 4) is 17.6 Å². The van der Waals surface area contributed by atoms with Crippen molar-refractivity contribution in [3.63, 3.8) is 0 Å². The van der Waals surface area contributed by atoms with Gasteiger partial charge in [0, 0.05) is 19.2 Å². The molecule has 4 atom stereocenters. The van der Waals surface area contributed by atoms with Gasteiger partial charge in [-0.15, -0.1) is 0 Å². The molecule has 1 saturated heterocycles. The number of carbonyl (C=O) groups is 1. The normalized spacial score (nSPS) is 25.5. The number of likely N-dealkylation sites (tertiary alicyclic amines) is 1. The van der Waals surface area contributed by atoms with Gasteiger partial charge in [-0.2, -0.15) is 9.97 Å². The Morgan fingerprint density at radius 2 is 1.80 bits per heavy atom. The largest absolute Gasteiger partial charge is 0.488 e. The first kappa shape index (κ1) is 20.3. The Morgan fingerprint density at radius 3 is 2.47 bits per heavy atom. The maximum absolute atomic E-state index is 13.1. The summed E-state index contributed by atoms with van der Waals surface area (Å²) in [6.07, 6.45) is 0.108. The number of aliphatic hydroxyl groups is 1. The number of amides is 1. The van der Waals surface area contributed by atoms with Crippen LogP contribution in [0.25, 0.3) is 0 Å². The third-order valence-corrected chi connectivity index (χ3v) is 5.77. The number of benzene rings is 1. The molecule has 0 bridgehead atoms. The average Bonchev–Trinajstić information content (AvgIpc) is 3.17. The van der Waals surface area contributed by atoms with E-state index in [1.807, 2.05) is 0 Å². The molecule has 8 nitrogen and oxygen atoms in total. The number of aromatic nitrogens is 2. The third-order valence-electron chi connectivity index (χ3n) is 5.77. The summed E-state index contributed by atoms with van der Waals surface area (Å²) in [4.78, 5) is 22.9. The number of rotatable bonds is 5. The lowest BCUT2D eigenvalue weighted by Crippen LogP contribution is -2.42. The third kappa shape index (κ3) is 4.16. The fraction of sp³-hybridized carbons (Fsp3) is 0.476. The first-order valence-electron chi connectivity index (χ1n) is 9.83. The van der Waals surface area contributed by atoms with E-state index in [4.69, 9.17) is 14.2 Å². The van der Waals surface area contributed by atoms with Gasteiger partial charge in [-0.1, -0.05) is 0 Å². The van der Waals surface area contributed by atoms with Crippen molar-refractivity contribution in [3.05, 3.63) is 41.8 Å². The number of nitrogens with zero attached hydrogens (tertiary/aromatic N) is 3. The van der Waals surface area contributed by atoms with E-state index in [-0.39, 0.29) is 41.1 Å². The average molecular weight is 417 g/mol. The summed E-state index contributed by atoms with van der Waals surface area (Å²) in [5.41, 5.74) is 0.206. The highest BCUT2D eigenvalue weighted by Gasteiger charge is 2.44. The monoisotopic (exact) mass is 417 g/mol. The molecule has 0 radical (unpaired) electrons. The van der Waals surface area contributed by atoms with Crippen LogP contribution < -0.4 is 14.2 Å². The molecule has 1 amide bonds. The zero-order chi connectivity index (χ0) is 21.3. The van der Waals surface area contributed by atoms with Gasteiger partial charge in [0.25, 0.3) is 5.91 Å². The van der Waals surface area contributed by atoms with E-state index < -0.39 is 12.2 Å². The minimum atomic E-state index is -0.648. The standard InChI is InChI=1S/C21H24FN3O5/c1-28-19-9-16(23-21(24-19)29-2)20(27)25-10-12-7-17(26)18(8-13(12)11-25)30-15-5-3-14(22)4-6-15/h3-6,9,12-13,17-18,26H,7-8,10-11H2,1-2H3/t12-,13+,17+,18+/m0/s1. The Balaban J connectivity index is 1.44. The summed E-state index contributed by atoms with van der Waals surface area (Å²) in [5.74, 6) is 0.592. The Morgan fingerprint density at radius 1 is 1.10 bits per heavy atom. The molecule has 1 aliphatic carbocycles. The highest BCUT2D eigenvalue weighted by atomic mass is 19.1. The molecule has 1 aromatic heterocycles. The minimum absolute atomic E-state index is 0.0671. The Bertz CT molecular complexity index is 888. The van der Waals surface area contributed by atoms with Gasteiger partial charge in [-0.3, -0.25) is 4.79 Å². The second-order valence-electron chi connectivity index (χ2n) is 7.66. The van der Waals surface area contributed by atoms with Crippen molar-refractivity contribution >= 4 is 5.91 Å². The SMILES string of the molecule is COc1cc(C(=O)N2C[C@H]3C[C@@H](Oc4ccc(F)cc4)[C@H](O)C[C@H]3C2)nc(OC)n1. The highest BCUT2D eigenvalue weighted by molar-refractivity contribution is 5.92. The van der Waals surface area contributed by atoms with Crippen LogP contribution in [0.2, 0.25) is 0 Å². The van der Waals surface area contributed by atoms with E-state index in [0.29, 0.717) is 31.7 Å². The molecular formula is C21H24FN3O5. The van der Waals surface area contributed by atoms with Crippen LogP contribution in [0.1, 0.15) is 23.3 Å². The van der Waals surface area contributed by atoms with Crippen molar-refractivity contribution < 1.29 is 28.5 Å². The Hall–Kier alpha value is -2.94. The lowest BCUT2D eigenvalue weighted by Gasteiger charge is -2.35. The quantitative estimate of drug-likeness (QED) is 0.794. The molecule has 0 spiro atoms. The molecule has 2 heterocycles. The van der Waals surface area contributed by atoms with Gasteiger partial charge in [0.05, 0.1) is 20.3 Å². The Labute approximate surface area is 173 Å². The maximum Gasteiger partial charge on any atom is 0.320 e. The van der Waals surface area contributed by atoms with Gasteiger partial charge in [0.2, 0.25) is 5.88 Å². The summed E-state index contributed by atoms with van der Waals surface area (Å²) >= 11 is 0. The molecular weight excluding hydrogens is 393 g/mol. The summed E-state index contributed by atoms with van der Waals surface area (Å²) in [6, 6.07) is 7.31. The van der Waals surface area contributed by atoms with Crippen LogP contribution in [0, 0.1) is 17.7 Å². The lowest BCUT2D eigenvalue weighted by molar-refractivity contribution is -0.0231. The Kier molecular flexibility index (Phi) is 5.72. The van der Waals surface area contributed by atoms with Crippen molar-refractivity contribution in [1.29, 1.82) is 0 Å².